The molecule has 0 aliphatic carbocycles. The molecule has 1 fully saturated rings. The number of carbonyl (C=O) groups is 2. The summed E-state index contributed by atoms with van der Waals surface area (Å²) in [4.78, 5) is 34.9. The quantitative estimate of drug-likeness (QED) is 0.321. The lowest BCUT2D eigenvalue weighted by atomic mass is 9.81. The predicted molar refractivity (Wildman–Crippen MR) is 158 cm³/mol. The summed E-state index contributed by atoms with van der Waals surface area (Å²) in [6, 6.07) is 6.13. The van der Waals surface area contributed by atoms with E-state index in [1.807, 2.05) is 0 Å². The molecule has 2 heterocycles. The van der Waals surface area contributed by atoms with Gasteiger partial charge in [0.05, 0.1) is 41.1 Å². The second kappa shape index (κ2) is 12.5. The summed E-state index contributed by atoms with van der Waals surface area (Å²) in [6.07, 6.45) is -8.87. The van der Waals surface area contributed by atoms with Crippen molar-refractivity contribution in [3.8, 4) is 11.1 Å². The number of aliphatic hydroxyl groups is 1. The number of benzene rings is 2. The molecule has 2 aromatic carbocycles. The van der Waals surface area contributed by atoms with Crippen LogP contribution in [0.3, 0.4) is 0 Å². The molecular weight excluding hydrogens is 621 g/mol. The summed E-state index contributed by atoms with van der Waals surface area (Å²) < 4.78 is 95.8. The highest BCUT2D eigenvalue weighted by molar-refractivity contribution is 6.03. The molecule has 0 bridgehead atoms. The van der Waals surface area contributed by atoms with E-state index in [1.54, 1.807) is 22.8 Å². The predicted octanol–water partition coefficient (Wildman–Crippen LogP) is 6.20. The zero-order valence-corrected chi connectivity index (χ0v) is 25.7. The van der Waals surface area contributed by atoms with Crippen molar-refractivity contribution in [1.29, 1.82) is 0 Å². The monoisotopic (exact) mass is 654 g/mol. The Hall–Kier alpha value is -4.20. The zero-order valence-electron chi connectivity index (χ0n) is 25.7. The summed E-state index contributed by atoms with van der Waals surface area (Å²) in [7, 11) is 1.32. The highest BCUT2D eigenvalue weighted by atomic mass is 19.4. The number of pyridine rings is 1. The maximum absolute atomic E-state index is 14.1. The minimum absolute atomic E-state index is 0.00169. The summed E-state index contributed by atoms with van der Waals surface area (Å²) in [5.74, 6) is -1.14. The Balaban J connectivity index is 1.82. The molecule has 1 saturated heterocycles. The highest BCUT2D eigenvalue weighted by Crippen LogP contribution is 2.41. The van der Waals surface area contributed by atoms with Gasteiger partial charge in [-0.15, -0.1) is 0 Å². The summed E-state index contributed by atoms with van der Waals surface area (Å²) in [6.45, 7) is 6.10. The first-order valence-corrected chi connectivity index (χ1v) is 14.2. The number of amides is 2. The topological polar surface area (TPSA) is 77.0 Å². The molecule has 1 aliphatic rings. The van der Waals surface area contributed by atoms with E-state index in [-0.39, 0.29) is 30.8 Å². The smallest absolute Gasteiger partial charge is 0.394 e. The number of piperazine rings is 1. The van der Waals surface area contributed by atoms with Gasteiger partial charge in [0.1, 0.15) is 11.6 Å². The second-order valence-electron chi connectivity index (χ2n) is 11.8. The van der Waals surface area contributed by atoms with Crippen LogP contribution in [0.4, 0.5) is 42.2 Å². The van der Waals surface area contributed by atoms with Crippen LogP contribution in [-0.2, 0) is 27.4 Å². The first-order chi connectivity index (χ1) is 21.2. The summed E-state index contributed by atoms with van der Waals surface area (Å²) in [5, 5.41) is 10.1. The normalized spacial score (nSPS) is 16.1. The molecule has 0 spiro atoms. The molecule has 14 heteroatoms. The van der Waals surface area contributed by atoms with Gasteiger partial charge >= 0.3 is 12.4 Å². The lowest BCUT2D eigenvalue weighted by Gasteiger charge is -2.41. The minimum atomic E-state index is -5.10. The summed E-state index contributed by atoms with van der Waals surface area (Å²) >= 11 is 0. The number of rotatable bonds is 6. The Morgan fingerprint density at radius 1 is 0.935 bits per heavy atom. The Morgan fingerprint density at radius 2 is 1.52 bits per heavy atom. The van der Waals surface area contributed by atoms with Gasteiger partial charge in [-0.05, 0) is 73.9 Å². The average molecular weight is 655 g/mol. The van der Waals surface area contributed by atoms with Gasteiger partial charge in [0.2, 0.25) is 11.8 Å². The largest absolute Gasteiger partial charge is 0.416 e. The molecule has 4 rings (SSSR count). The van der Waals surface area contributed by atoms with Gasteiger partial charge in [-0.1, -0.05) is 6.07 Å². The standard InChI is InChI=1S/C32H33F7N4O3/c1-18-10-23(33)6-7-25(18)26-14-28(43-9-8-42(19(2)45)16-24(43)17-44)40-15-27(26)41(5)29(46)30(3,4)20-11-21(31(34,35)36)13-22(12-20)32(37,38)39/h6-7,10-15,24,44H,8-9,16-17H2,1-5H3/t24-/m0/s1. The van der Waals surface area contributed by atoms with Crippen LogP contribution >= 0.6 is 0 Å². The molecule has 0 unspecified atom stereocenters. The number of carbonyl (C=O) groups excluding carboxylic acids is 2. The van der Waals surface area contributed by atoms with Crippen molar-refractivity contribution < 1.29 is 45.4 Å². The first kappa shape index (κ1) is 34.7. The number of nitrogens with zero attached hydrogens (tertiary/aromatic N) is 4. The van der Waals surface area contributed by atoms with Crippen LogP contribution in [0.5, 0.6) is 0 Å². The van der Waals surface area contributed by atoms with Crippen LogP contribution in [-0.4, -0.2) is 66.1 Å². The third-order valence-electron chi connectivity index (χ3n) is 8.29. The maximum Gasteiger partial charge on any atom is 0.416 e. The van der Waals surface area contributed by atoms with Crippen LogP contribution < -0.4 is 9.80 Å². The van der Waals surface area contributed by atoms with Crippen molar-refractivity contribution in [2.24, 2.45) is 0 Å². The van der Waals surface area contributed by atoms with Gasteiger partial charge in [-0.25, -0.2) is 9.37 Å². The fraction of sp³-hybridized carbons (Fsp3) is 0.406. The van der Waals surface area contributed by atoms with E-state index in [0.717, 1.165) is 4.90 Å². The van der Waals surface area contributed by atoms with E-state index in [9.17, 15) is 45.4 Å². The molecular formula is C32H33F7N4O3. The van der Waals surface area contributed by atoms with E-state index in [0.29, 0.717) is 47.7 Å². The molecule has 1 N–H and O–H groups in total. The number of hydrogen-bond donors (Lipinski definition) is 1. The van der Waals surface area contributed by atoms with Gasteiger partial charge < -0.3 is 19.8 Å². The van der Waals surface area contributed by atoms with Crippen molar-refractivity contribution in [3.05, 3.63) is 76.7 Å². The molecule has 7 nitrogen and oxygen atoms in total. The van der Waals surface area contributed by atoms with Crippen molar-refractivity contribution >= 4 is 23.3 Å². The van der Waals surface area contributed by atoms with Gasteiger partial charge in [0.25, 0.3) is 0 Å². The number of likely N-dealkylation sites (N-methyl/N-ethyl adjacent to an activating group) is 1. The number of hydrogen-bond acceptors (Lipinski definition) is 5. The van der Waals surface area contributed by atoms with E-state index in [2.05, 4.69) is 4.98 Å². The molecule has 248 valence electrons. The minimum Gasteiger partial charge on any atom is -0.394 e. The van der Waals surface area contributed by atoms with Gasteiger partial charge in [0, 0.05) is 39.2 Å². The number of aliphatic hydroxyl groups excluding tert-OH is 1. The van der Waals surface area contributed by atoms with Crippen molar-refractivity contribution in [1.82, 2.24) is 9.88 Å². The van der Waals surface area contributed by atoms with Crippen LogP contribution in [0.15, 0.2) is 48.7 Å². The molecule has 1 aromatic heterocycles. The summed E-state index contributed by atoms with van der Waals surface area (Å²) in [5.41, 5.74) is -3.97. The molecule has 0 saturated carbocycles. The SMILES string of the molecule is CC(=O)N1CCN(c2cc(-c3ccc(F)cc3C)c(N(C)C(=O)C(C)(C)c3cc(C(F)(F)F)cc(C(F)(F)F)c3)cn2)[C@H](CO)C1. The molecule has 1 atom stereocenters. The van der Waals surface area contributed by atoms with Crippen molar-refractivity contribution in [3.63, 3.8) is 0 Å². The Kier molecular flexibility index (Phi) is 9.45. The van der Waals surface area contributed by atoms with E-state index >= 15 is 0 Å². The zero-order chi connectivity index (χ0) is 34.4. The average Bonchev–Trinajstić information content (AvgIpc) is 2.98. The van der Waals surface area contributed by atoms with Crippen LogP contribution in [0, 0.1) is 12.7 Å². The first-order valence-electron chi connectivity index (χ1n) is 14.2. The fourth-order valence-electron chi connectivity index (χ4n) is 5.57. The van der Waals surface area contributed by atoms with Crippen LogP contribution in [0.1, 0.15) is 43.0 Å². The van der Waals surface area contributed by atoms with Gasteiger partial charge in [0.15, 0.2) is 0 Å². The van der Waals surface area contributed by atoms with Gasteiger partial charge in [-0.3, -0.25) is 9.59 Å². The van der Waals surface area contributed by atoms with Crippen LogP contribution in [0.25, 0.3) is 11.1 Å². The van der Waals surface area contributed by atoms with E-state index < -0.39 is 52.2 Å². The van der Waals surface area contributed by atoms with E-state index in [4.69, 9.17) is 0 Å². The maximum atomic E-state index is 14.1. The Bertz CT molecular complexity index is 1610. The Morgan fingerprint density at radius 3 is 2.04 bits per heavy atom. The lowest BCUT2D eigenvalue weighted by Crippen LogP contribution is -2.56. The second-order valence-corrected chi connectivity index (χ2v) is 11.8. The molecule has 46 heavy (non-hydrogen) atoms. The Labute approximate surface area is 261 Å². The third-order valence-corrected chi connectivity index (χ3v) is 8.29. The number of aryl methyl sites for hydroxylation is 1. The highest BCUT2D eigenvalue weighted by Gasteiger charge is 2.41. The number of halogens is 7. The van der Waals surface area contributed by atoms with Crippen molar-refractivity contribution in [2.45, 2.75) is 51.5 Å². The molecule has 3 aromatic rings. The lowest BCUT2D eigenvalue weighted by molar-refractivity contribution is -0.143. The number of anilines is 2. The van der Waals surface area contributed by atoms with Crippen molar-refractivity contribution in [2.75, 3.05) is 43.1 Å². The number of alkyl halides is 6. The third kappa shape index (κ3) is 6.96. The number of aromatic nitrogens is 1. The van der Waals surface area contributed by atoms with Gasteiger partial charge in [-0.2, -0.15) is 26.3 Å². The molecule has 0 radical (unpaired) electrons. The van der Waals surface area contributed by atoms with E-state index in [1.165, 1.54) is 52.2 Å². The molecule has 1 aliphatic heterocycles. The molecule has 2 amide bonds. The fourth-order valence-corrected chi connectivity index (χ4v) is 5.57. The van der Waals surface area contributed by atoms with Crippen LogP contribution in [0.2, 0.25) is 0 Å².